The van der Waals surface area contributed by atoms with Crippen LogP contribution in [0.3, 0.4) is 0 Å². The zero-order valence-corrected chi connectivity index (χ0v) is 5.36. The molecule has 0 fully saturated rings. The van der Waals surface area contributed by atoms with Crippen LogP contribution >= 0.6 is 0 Å². The summed E-state index contributed by atoms with van der Waals surface area (Å²) in [5.41, 5.74) is 2.09. The van der Waals surface area contributed by atoms with Crippen molar-refractivity contribution < 1.29 is 0 Å². The predicted octanol–water partition coefficient (Wildman–Crippen LogP) is 1.48. The summed E-state index contributed by atoms with van der Waals surface area (Å²) in [5.74, 6) is 0. The van der Waals surface area contributed by atoms with E-state index in [0.717, 1.165) is 11.3 Å². The van der Waals surface area contributed by atoms with Gasteiger partial charge in [-0.15, -0.1) is 0 Å². The Kier molecular flexibility index (Phi) is 1.10. The van der Waals surface area contributed by atoms with Crippen molar-refractivity contribution in [1.82, 2.24) is 0 Å². The molecule has 48 valence electrons. The van der Waals surface area contributed by atoms with E-state index < -0.39 is 0 Å². The molecule has 2 aliphatic heterocycles. The van der Waals surface area contributed by atoms with Crippen molar-refractivity contribution in [3.8, 4) is 0 Å². The van der Waals surface area contributed by atoms with Crippen LogP contribution in [0, 0.1) is 0 Å². The summed E-state index contributed by atoms with van der Waals surface area (Å²) in [7, 11) is 0. The Morgan fingerprint density at radius 1 is 1.20 bits per heavy atom. The molecule has 0 amide bonds. The Balaban J connectivity index is 2.46. The molecule has 0 saturated carbocycles. The second-order valence-electron chi connectivity index (χ2n) is 2.07. The topological polar surface area (TPSA) is 24.7 Å². The number of allylic oxidation sites excluding steroid dienone is 4. The Hall–Kier alpha value is -1.44. The molecule has 0 spiro atoms. The maximum Gasteiger partial charge on any atom is 0.0718 e. The Labute approximate surface area is 59.0 Å². The lowest BCUT2D eigenvalue weighted by Crippen LogP contribution is -1.78. The van der Waals surface area contributed by atoms with Gasteiger partial charge in [-0.05, 0) is 18.2 Å². The van der Waals surface area contributed by atoms with Crippen molar-refractivity contribution in [3.05, 3.63) is 35.7 Å². The molecule has 0 aromatic heterocycles. The van der Waals surface area contributed by atoms with Crippen molar-refractivity contribution >= 4 is 12.4 Å². The van der Waals surface area contributed by atoms with E-state index in [1.807, 2.05) is 24.4 Å². The van der Waals surface area contributed by atoms with E-state index in [4.69, 9.17) is 0 Å². The number of aliphatic imine (C=N–C) groups is 2. The molecule has 0 saturated heterocycles. The van der Waals surface area contributed by atoms with E-state index in [9.17, 15) is 0 Å². The maximum atomic E-state index is 4.12. The summed E-state index contributed by atoms with van der Waals surface area (Å²) >= 11 is 0. The lowest BCUT2D eigenvalue weighted by molar-refractivity contribution is 1.44. The summed E-state index contributed by atoms with van der Waals surface area (Å²) in [5, 5.41) is 0. The van der Waals surface area contributed by atoms with Crippen molar-refractivity contribution in [2.75, 3.05) is 0 Å². The molecule has 2 heteroatoms. The maximum absolute atomic E-state index is 4.12. The molecule has 0 bridgehead atoms. The predicted molar refractivity (Wildman–Crippen MR) is 42.3 cm³/mol. The molecule has 0 aromatic carbocycles. The lowest BCUT2D eigenvalue weighted by Gasteiger charge is -1.89. The van der Waals surface area contributed by atoms with Crippen LogP contribution in [0.15, 0.2) is 45.7 Å². The van der Waals surface area contributed by atoms with Gasteiger partial charge in [0.1, 0.15) is 0 Å². The highest BCUT2D eigenvalue weighted by atomic mass is 14.8. The van der Waals surface area contributed by atoms with Gasteiger partial charge in [-0.3, -0.25) is 9.98 Å². The molecule has 10 heavy (non-hydrogen) atoms. The van der Waals surface area contributed by atoms with Gasteiger partial charge >= 0.3 is 0 Å². The normalized spacial score (nSPS) is 27.2. The van der Waals surface area contributed by atoms with E-state index in [2.05, 4.69) is 9.98 Å². The molecule has 2 rings (SSSR count). The third-order valence-corrected chi connectivity index (χ3v) is 1.40. The van der Waals surface area contributed by atoms with Crippen LogP contribution < -0.4 is 0 Å². The first-order chi connectivity index (χ1) is 4.97. The first-order valence-electron chi connectivity index (χ1n) is 3.11. The second-order valence-corrected chi connectivity index (χ2v) is 2.07. The van der Waals surface area contributed by atoms with Gasteiger partial charge in [-0.2, -0.15) is 0 Å². The molecule has 0 atom stereocenters. The van der Waals surface area contributed by atoms with Crippen molar-refractivity contribution in [2.24, 2.45) is 9.98 Å². The van der Waals surface area contributed by atoms with E-state index in [1.54, 1.807) is 12.4 Å². The first kappa shape index (κ1) is 5.35. The van der Waals surface area contributed by atoms with Crippen LogP contribution in [-0.4, -0.2) is 12.4 Å². The number of hydrogen-bond donors (Lipinski definition) is 0. The molecule has 2 heterocycles. The average molecular weight is 130 g/mol. The van der Waals surface area contributed by atoms with E-state index >= 15 is 0 Å². The number of nitrogens with zero attached hydrogens (tertiary/aromatic N) is 2. The van der Waals surface area contributed by atoms with E-state index in [0.29, 0.717) is 0 Å². The number of rotatable bonds is 0. The fraction of sp³-hybridized carbons (Fsp3) is 0. The first-order valence-corrected chi connectivity index (χ1v) is 3.11. The molecule has 0 unspecified atom stereocenters. The summed E-state index contributed by atoms with van der Waals surface area (Å²) in [4.78, 5) is 8.06. The minimum Gasteiger partial charge on any atom is -0.264 e. The molecule has 2 aliphatic rings. The summed E-state index contributed by atoms with van der Waals surface area (Å²) in [6.07, 6.45) is 11.2. The fourth-order valence-electron chi connectivity index (χ4n) is 0.913. The summed E-state index contributed by atoms with van der Waals surface area (Å²) in [6, 6.07) is 0. The molecule has 0 radical (unpaired) electrons. The Morgan fingerprint density at radius 2 is 2.20 bits per heavy atom. The van der Waals surface area contributed by atoms with Gasteiger partial charge in [0.2, 0.25) is 0 Å². The largest absolute Gasteiger partial charge is 0.264 e. The third-order valence-electron chi connectivity index (χ3n) is 1.40. The van der Waals surface area contributed by atoms with E-state index in [-0.39, 0.29) is 0 Å². The van der Waals surface area contributed by atoms with Crippen LogP contribution in [-0.2, 0) is 0 Å². The molecular formula is C8H6N2. The molecule has 0 aromatic rings. The quantitative estimate of drug-likeness (QED) is 0.474. The van der Waals surface area contributed by atoms with Gasteiger partial charge < -0.3 is 0 Å². The highest BCUT2D eigenvalue weighted by Crippen LogP contribution is 2.13. The monoisotopic (exact) mass is 130 g/mol. The van der Waals surface area contributed by atoms with Gasteiger partial charge in [0.25, 0.3) is 0 Å². The van der Waals surface area contributed by atoms with Crippen molar-refractivity contribution in [1.29, 1.82) is 0 Å². The second kappa shape index (κ2) is 2.06. The zero-order chi connectivity index (χ0) is 6.81. The summed E-state index contributed by atoms with van der Waals surface area (Å²) < 4.78 is 0. The van der Waals surface area contributed by atoms with Gasteiger partial charge in [-0.1, -0.05) is 0 Å². The van der Waals surface area contributed by atoms with Crippen LogP contribution in [0.1, 0.15) is 0 Å². The highest BCUT2D eigenvalue weighted by Gasteiger charge is 2.01. The van der Waals surface area contributed by atoms with Crippen LogP contribution in [0.2, 0.25) is 0 Å². The Bertz CT molecular complexity index is 232. The lowest BCUT2D eigenvalue weighted by atomic mass is 10.2. The number of hydrogen-bond acceptors (Lipinski definition) is 2. The van der Waals surface area contributed by atoms with Crippen LogP contribution in [0.25, 0.3) is 0 Å². The highest BCUT2D eigenvalue weighted by molar-refractivity contribution is 5.89. The molecule has 0 N–H and O–H groups in total. The fourth-order valence-corrected chi connectivity index (χ4v) is 0.913. The summed E-state index contributed by atoms with van der Waals surface area (Å²) in [6.45, 7) is 0. The average Bonchev–Trinajstić information content (AvgIpc) is 2.59. The molecule has 2 nitrogen and oxygen atoms in total. The van der Waals surface area contributed by atoms with Crippen molar-refractivity contribution in [3.63, 3.8) is 0 Å². The van der Waals surface area contributed by atoms with Crippen LogP contribution in [0.4, 0.5) is 0 Å². The van der Waals surface area contributed by atoms with Gasteiger partial charge in [0, 0.05) is 24.2 Å². The van der Waals surface area contributed by atoms with Crippen molar-refractivity contribution in [2.45, 2.75) is 0 Å². The minimum atomic E-state index is 0.998. The zero-order valence-electron chi connectivity index (χ0n) is 5.36. The minimum absolute atomic E-state index is 0.998. The molecule has 0 aliphatic carbocycles. The van der Waals surface area contributed by atoms with E-state index in [1.165, 1.54) is 0 Å². The Morgan fingerprint density at radius 3 is 2.80 bits per heavy atom. The van der Waals surface area contributed by atoms with Gasteiger partial charge in [0.15, 0.2) is 0 Å². The van der Waals surface area contributed by atoms with Crippen LogP contribution in [0.5, 0.6) is 0 Å². The van der Waals surface area contributed by atoms with Gasteiger partial charge in [-0.25, -0.2) is 0 Å². The van der Waals surface area contributed by atoms with Gasteiger partial charge in [0.05, 0.1) is 5.70 Å². The molecular weight excluding hydrogens is 124 g/mol. The smallest absolute Gasteiger partial charge is 0.0718 e. The standard InChI is InChI=1S/C8H6N2/c1-2-8(10-4-1)7-3-5-9-6-7/h1-6H. The third kappa shape index (κ3) is 0.739. The SMILES string of the molecule is C1=CC(=C2C=CN=C2)N=C1.